The normalized spacial score (nSPS) is 13.4. The molecule has 13 heavy (non-hydrogen) atoms. The first-order valence-corrected chi connectivity index (χ1v) is 4.32. The van der Waals surface area contributed by atoms with Crippen molar-refractivity contribution >= 4 is 12.7 Å². The molecule has 1 heteroatoms. The number of hydrogen-bond donors (Lipinski definition) is 1. The van der Waals surface area contributed by atoms with Gasteiger partial charge in [-0.3, -0.25) is 0 Å². The Hall–Kier alpha value is -1.50. The van der Waals surface area contributed by atoms with Crippen molar-refractivity contribution in [3.8, 4) is 0 Å². The van der Waals surface area contributed by atoms with Gasteiger partial charge in [-0.2, -0.15) is 0 Å². The zero-order valence-electron chi connectivity index (χ0n) is 8.17. The lowest BCUT2D eigenvalue weighted by molar-refractivity contribution is 1.38. The number of allylic oxidation sites excluding steroid dienone is 2. The van der Waals surface area contributed by atoms with Gasteiger partial charge in [-0.15, -0.1) is 0 Å². The molecule has 0 saturated heterocycles. The van der Waals surface area contributed by atoms with Crippen LogP contribution in [-0.4, -0.2) is 0 Å². The lowest BCUT2D eigenvalue weighted by atomic mass is 10.1. The van der Waals surface area contributed by atoms with Crippen LogP contribution in [0.3, 0.4) is 0 Å². The van der Waals surface area contributed by atoms with E-state index in [9.17, 15) is 0 Å². The minimum absolute atomic E-state index is 0.772. The van der Waals surface area contributed by atoms with Gasteiger partial charge >= 0.3 is 0 Å². The molecule has 2 N–H and O–H groups in total. The van der Waals surface area contributed by atoms with Crippen LogP contribution >= 0.6 is 0 Å². The Balaban J connectivity index is 3.32. The number of aryl methyl sites for hydroxylation is 1. The van der Waals surface area contributed by atoms with Gasteiger partial charge in [0.1, 0.15) is 0 Å². The summed E-state index contributed by atoms with van der Waals surface area (Å²) in [6, 6.07) is 6.15. The monoisotopic (exact) mass is 173 g/mol. The van der Waals surface area contributed by atoms with E-state index in [4.69, 9.17) is 5.73 Å². The predicted molar refractivity (Wildman–Crippen MR) is 58.4 cm³/mol. The first-order chi connectivity index (χ1) is 6.13. The van der Waals surface area contributed by atoms with Gasteiger partial charge in [0, 0.05) is 5.70 Å². The standard InChI is InChI=1S/C12H15N/c1-4-12(13)8-11-6-5-9(2)7-10(11)3/h4-8H,3,13H2,1-2H3/b11-8-,12-4+. The zero-order chi connectivity index (χ0) is 9.84. The summed E-state index contributed by atoms with van der Waals surface area (Å²) in [5.41, 5.74) is 7.69. The van der Waals surface area contributed by atoms with Gasteiger partial charge < -0.3 is 5.73 Å². The number of hydrogen-bond acceptors (Lipinski definition) is 1. The van der Waals surface area contributed by atoms with E-state index in [0.29, 0.717) is 0 Å². The van der Waals surface area contributed by atoms with Crippen molar-refractivity contribution in [1.82, 2.24) is 0 Å². The Kier molecular flexibility index (Phi) is 2.91. The van der Waals surface area contributed by atoms with Gasteiger partial charge in [0.25, 0.3) is 0 Å². The van der Waals surface area contributed by atoms with E-state index in [2.05, 4.69) is 25.6 Å². The molecule has 0 fully saturated rings. The third kappa shape index (κ3) is 2.48. The third-order valence-electron chi connectivity index (χ3n) is 1.95. The van der Waals surface area contributed by atoms with Gasteiger partial charge in [0.15, 0.2) is 0 Å². The van der Waals surface area contributed by atoms with Crippen LogP contribution in [-0.2, 0) is 0 Å². The smallest absolute Gasteiger partial charge is 0.0276 e. The van der Waals surface area contributed by atoms with Crippen molar-refractivity contribution in [1.29, 1.82) is 0 Å². The van der Waals surface area contributed by atoms with Crippen molar-refractivity contribution in [2.24, 2.45) is 5.73 Å². The molecule has 0 aliphatic rings. The second kappa shape index (κ2) is 3.94. The van der Waals surface area contributed by atoms with Crippen molar-refractivity contribution in [2.75, 3.05) is 0 Å². The van der Waals surface area contributed by atoms with E-state index in [0.717, 1.165) is 16.1 Å². The Morgan fingerprint density at radius 2 is 2.15 bits per heavy atom. The van der Waals surface area contributed by atoms with Crippen LogP contribution in [0.1, 0.15) is 12.5 Å². The maximum absolute atomic E-state index is 5.69. The second-order valence-corrected chi connectivity index (χ2v) is 3.14. The highest BCUT2D eigenvalue weighted by Crippen LogP contribution is 1.87. The van der Waals surface area contributed by atoms with E-state index < -0.39 is 0 Å². The Morgan fingerprint density at radius 3 is 2.69 bits per heavy atom. The molecule has 0 aliphatic carbocycles. The Morgan fingerprint density at radius 1 is 1.46 bits per heavy atom. The topological polar surface area (TPSA) is 26.0 Å². The largest absolute Gasteiger partial charge is 0.399 e. The minimum Gasteiger partial charge on any atom is -0.399 e. The molecular formula is C12H15N. The average molecular weight is 173 g/mol. The van der Waals surface area contributed by atoms with Gasteiger partial charge in [-0.25, -0.2) is 0 Å². The summed E-state index contributed by atoms with van der Waals surface area (Å²) in [4.78, 5) is 0. The molecule has 68 valence electrons. The third-order valence-corrected chi connectivity index (χ3v) is 1.95. The summed E-state index contributed by atoms with van der Waals surface area (Å²) in [5.74, 6) is 0. The zero-order valence-corrected chi connectivity index (χ0v) is 8.17. The van der Waals surface area contributed by atoms with Crippen molar-refractivity contribution < 1.29 is 0 Å². The molecule has 1 aromatic rings. The molecule has 1 nitrogen and oxygen atoms in total. The van der Waals surface area contributed by atoms with Gasteiger partial charge in [-0.05, 0) is 30.4 Å². The second-order valence-electron chi connectivity index (χ2n) is 3.14. The van der Waals surface area contributed by atoms with Crippen LogP contribution in [0.15, 0.2) is 30.0 Å². The van der Waals surface area contributed by atoms with Crippen LogP contribution < -0.4 is 16.2 Å². The fourth-order valence-electron chi connectivity index (χ4n) is 1.14. The fourth-order valence-corrected chi connectivity index (χ4v) is 1.14. The maximum Gasteiger partial charge on any atom is 0.0276 e. The number of benzene rings is 1. The van der Waals surface area contributed by atoms with Crippen molar-refractivity contribution in [3.63, 3.8) is 0 Å². The summed E-state index contributed by atoms with van der Waals surface area (Å²) < 4.78 is 0. The molecule has 0 radical (unpaired) electrons. The molecule has 0 atom stereocenters. The molecule has 0 unspecified atom stereocenters. The Labute approximate surface area is 78.9 Å². The highest BCUT2D eigenvalue weighted by atomic mass is 14.5. The van der Waals surface area contributed by atoms with Crippen molar-refractivity contribution in [3.05, 3.63) is 46.0 Å². The van der Waals surface area contributed by atoms with E-state index in [-0.39, 0.29) is 0 Å². The molecule has 0 aromatic heterocycles. The molecule has 1 aromatic carbocycles. The van der Waals surface area contributed by atoms with Crippen LogP contribution in [0.25, 0.3) is 12.7 Å². The first-order valence-electron chi connectivity index (χ1n) is 4.32. The molecule has 0 saturated carbocycles. The predicted octanol–water partition coefficient (Wildman–Crippen LogP) is 1.05. The number of rotatable bonds is 1. The molecule has 0 spiro atoms. The first kappa shape index (κ1) is 9.59. The van der Waals surface area contributed by atoms with E-state index in [1.165, 1.54) is 5.56 Å². The van der Waals surface area contributed by atoms with Crippen LogP contribution in [0.5, 0.6) is 0 Å². The average Bonchev–Trinajstić information content (AvgIpc) is 2.09. The van der Waals surface area contributed by atoms with E-state index in [1.807, 2.05) is 25.1 Å². The summed E-state index contributed by atoms with van der Waals surface area (Å²) in [5, 5.41) is 2.10. The lowest BCUT2D eigenvalue weighted by Crippen LogP contribution is -2.23. The van der Waals surface area contributed by atoms with Gasteiger partial charge in [-0.1, -0.05) is 36.4 Å². The SMILES string of the molecule is C=c1cc(C)cc/c1=C/C(N)=C\C. The van der Waals surface area contributed by atoms with Gasteiger partial charge in [0.05, 0.1) is 0 Å². The van der Waals surface area contributed by atoms with Crippen molar-refractivity contribution in [2.45, 2.75) is 13.8 Å². The summed E-state index contributed by atoms with van der Waals surface area (Å²) in [6.07, 6.45) is 3.81. The van der Waals surface area contributed by atoms with E-state index in [1.54, 1.807) is 0 Å². The molecule has 0 amide bonds. The van der Waals surface area contributed by atoms with E-state index >= 15 is 0 Å². The highest BCUT2D eigenvalue weighted by Gasteiger charge is 1.85. The molecule has 0 bridgehead atoms. The summed E-state index contributed by atoms with van der Waals surface area (Å²) in [7, 11) is 0. The minimum atomic E-state index is 0.772. The van der Waals surface area contributed by atoms with Crippen LogP contribution in [0.4, 0.5) is 0 Å². The molecule has 1 rings (SSSR count). The molecule has 0 heterocycles. The molecule has 0 aliphatic heterocycles. The fraction of sp³-hybridized carbons (Fsp3) is 0.167. The summed E-state index contributed by atoms with van der Waals surface area (Å²) >= 11 is 0. The van der Waals surface area contributed by atoms with Crippen LogP contribution in [0.2, 0.25) is 0 Å². The highest BCUT2D eigenvalue weighted by molar-refractivity contribution is 5.44. The maximum atomic E-state index is 5.69. The Bertz CT molecular complexity index is 427. The lowest BCUT2D eigenvalue weighted by Gasteiger charge is -1.93. The quantitative estimate of drug-likeness (QED) is 0.675. The summed E-state index contributed by atoms with van der Waals surface area (Å²) in [6.45, 7) is 7.93. The van der Waals surface area contributed by atoms with Crippen LogP contribution in [0, 0.1) is 6.92 Å². The molecular weight excluding hydrogens is 158 g/mol. The number of nitrogens with two attached hydrogens (primary N) is 1. The van der Waals surface area contributed by atoms with Gasteiger partial charge in [0.2, 0.25) is 0 Å².